The van der Waals surface area contributed by atoms with Gasteiger partial charge in [-0.15, -0.1) is 0 Å². The van der Waals surface area contributed by atoms with Crippen LogP contribution in [0.25, 0.3) is 0 Å². The van der Waals surface area contributed by atoms with E-state index < -0.39 is 6.10 Å². The molecule has 1 amide bonds. The summed E-state index contributed by atoms with van der Waals surface area (Å²) < 4.78 is 7.75. The zero-order valence-corrected chi connectivity index (χ0v) is 14.9. The summed E-state index contributed by atoms with van der Waals surface area (Å²) in [7, 11) is 0. The Morgan fingerprint density at radius 1 is 1.14 bits per heavy atom. The minimum atomic E-state index is -0.653. The van der Waals surface area contributed by atoms with Crippen molar-refractivity contribution in [2.45, 2.75) is 25.0 Å². The summed E-state index contributed by atoms with van der Waals surface area (Å²) in [5.74, 6) is 0.548. The number of nitrogens with one attached hydrogen (secondary N) is 1. The van der Waals surface area contributed by atoms with Gasteiger partial charge in [0.05, 0.1) is 4.47 Å². The van der Waals surface area contributed by atoms with Gasteiger partial charge in [-0.2, -0.15) is 0 Å². The Morgan fingerprint density at radius 3 is 2.50 bits per heavy atom. The lowest BCUT2D eigenvalue weighted by molar-refractivity contribution is -0.128. The zero-order chi connectivity index (χ0) is 15.5. The van der Waals surface area contributed by atoms with E-state index in [-0.39, 0.29) is 5.91 Å². The van der Waals surface area contributed by atoms with Gasteiger partial charge in [-0.25, -0.2) is 0 Å². The molecule has 1 fully saturated rings. The molecular weight excluding hydrogens is 410 g/mol. The normalized spacial score (nSPS) is 15.2. The average Bonchev–Trinajstić information content (AvgIpc) is 3.31. The van der Waals surface area contributed by atoms with Crippen molar-refractivity contribution in [3.8, 4) is 5.75 Å². The fourth-order valence-corrected chi connectivity index (χ4v) is 3.24. The number of hydrogen-bond acceptors (Lipinski definition) is 2. The van der Waals surface area contributed by atoms with Crippen LogP contribution in [-0.4, -0.2) is 11.9 Å². The zero-order valence-electron chi connectivity index (χ0n) is 11.8. The maximum absolute atomic E-state index is 12.5. The molecule has 1 unspecified atom stereocenters. The number of amides is 1. The largest absolute Gasteiger partial charge is 0.475 e. The van der Waals surface area contributed by atoms with Gasteiger partial charge in [0.2, 0.25) is 6.10 Å². The predicted molar refractivity (Wildman–Crippen MR) is 92.8 cm³/mol. The van der Waals surface area contributed by atoms with Crippen molar-refractivity contribution in [3.63, 3.8) is 0 Å². The summed E-state index contributed by atoms with van der Waals surface area (Å²) in [5.41, 5.74) is 0.843. The second-order valence-corrected chi connectivity index (χ2v) is 7.04. The van der Waals surface area contributed by atoms with Crippen LogP contribution >= 0.6 is 31.9 Å². The number of carbonyl (C=O) groups is 1. The van der Waals surface area contributed by atoms with Gasteiger partial charge < -0.3 is 10.1 Å². The molecule has 0 heterocycles. The van der Waals surface area contributed by atoms with Gasteiger partial charge in [0.15, 0.2) is 0 Å². The van der Waals surface area contributed by atoms with Gasteiger partial charge in [-0.1, -0.05) is 46.3 Å². The van der Waals surface area contributed by atoms with Crippen LogP contribution in [0.3, 0.4) is 0 Å². The Hall–Kier alpha value is -1.33. The van der Waals surface area contributed by atoms with Crippen LogP contribution in [0, 0.1) is 0 Å². The maximum atomic E-state index is 12.5. The van der Waals surface area contributed by atoms with Gasteiger partial charge in [0, 0.05) is 16.1 Å². The molecule has 1 N–H and O–H groups in total. The molecule has 3 rings (SSSR count). The Labute approximate surface area is 146 Å². The topological polar surface area (TPSA) is 38.3 Å². The van der Waals surface area contributed by atoms with Crippen LogP contribution in [0.1, 0.15) is 24.5 Å². The van der Waals surface area contributed by atoms with Crippen molar-refractivity contribution in [1.29, 1.82) is 0 Å². The smallest absolute Gasteiger partial charge is 0.266 e. The molecule has 0 aromatic heterocycles. The predicted octanol–water partition coefficient (Wildman–Crippen LogP) is 4.61. The molecule has 114 valence electrons. The third-order valence-corrected chi connectivity index (χ3v) is 4.52. The molecule has 1 saturated carbocycles. The third-order valence-electron chi connectivity index (χ3n) is 3.40. The number of halogens is 2. The van der Waals surface area contributed by atoms with Crippen molar-refractivity contribution in [3.05, 3.63) is 63.0 Å². The van der Waals surface area contributed by atoms with Gasteiger partial charge >= 0.3 is 0 Å². The number of ether oxygens (including phenoxy) is 1. The van der Waals surface area contributed by atoms with E-state index in [2.05, 4.69) is 37.2 Å². The molecule has 3 nitrogen and oxygen atoms in total. The van der Waals surface area contributed by atoms with Crippen molar-refractivity contribution >= 4 is 37.8 Å². The highest BCUT2D eigenvalue weighted by Gasteiger charge is 2.30. The van der Waals surface area contributed by atoms with Crippen molar-refractivity contribution in [2.24, 2.45) is 0 Å². The summed E-state index contributed by atoms with van der Waals surface area (Å²) in [6.07, 6.45) is 1.45. The minimum absolute atomic E-state index is 0.0940. The van der Waals surface area contributed by atoms with E-state index >= 15 is 0 Å². The fraction of sp³-hybridized carbons (Fsp3) is 0.235. The van der Waals surface area contributed by atoms with Gasteiger partial charge in [0.25, 0.3) is 5.91 Å². The lowest BCUT2D eigenvalue weighted by Gasteiger charge is -2.20. The first-order valence-electron chi connectivity index (χ1n) is 7.10. The molecule has 5 heteroatoms. The van der Waals surface area contributed by atoms with E-state index in [0.717, 1.165) is 27.4 Å². The van der Waals surface area contributed by atoms with Crippen molar-refractivity contribution in [1.82, 2.24) is 5.32 Å². The summed E-state index contributed by atoms with van der Waals surface area (Å²) in [6.45, 7) is 0. The van der Waals surface area contributed by atoms with E-state index in [4.69, 9.17) is 4.74 Å². The van der Waals surface area contributed by atoms with Gasteiger partial charge in [0.1, 0.15) is 5.75 Å². The van der Waals surface area contributed by atoms with E-state index in [1.54, 1.807) is 0 Å². The summed E-state index contributed by atoms with van der Waals surface area (Å²) in [4.78, 5) is 12.5. The molecular formula is C17H15Br2NO2. The van der Waals surface area contributed by atoms with Crippen molar-refractivity contribution in [2.75, 3.05) is 0 Å². The number of carbonyl (C=O) groups excluding carboxylic acids is 1. The van der Waals surface area contributed by atoms with Crippen LogP contribution in [0.4, 0.5) is 0 Å². The quantitative estimate of drug-likeness (QED) is 0.760. The monoisotopic (exact) mass is 423 g/mol. The maximum Gasteiger partial charge on any atom is 0.266 e. The Bertz CT molecular complexity index is 672. The molecule has 1 aliphatic rings. The molecule has 0 bridgehead atoms. The van der Waals surface area contributed by atoms with Crippen LogP contribution in [-0.2, 0) is 4.79 Å². The van der Waals surface area contributed by atoms with Gasteiger partial charge in [-0.05, 0) is 47.0 Å². The molecule has 0 aliphatic heterocycles. The average molecular weight is 425 g/mol. The van der Waals surface area contributed by atoms with E-state index in [9.17, 15) is 4.79 Å². The first kappa shape index (κ1) is 15.6. The first-order valence-corrected chi connectivity index (χ1v) is 8.69. The molecule has 0 radical (unpaired) electrons. The van der Waals surface area contributed by atoms with E-state index in [1.165, 1.54) is 0 Å². The molecule has 1 atom stereocenters. The molecule has 1 aliphatic carbocycles. The Morgan fingerprint density at radius 2 is 1.86 bits per heavy atom. The van der Waals surface area contributed by atoms with E-state index in [0.29, 0.717) is 11.8 Å². The molecule has 2 aromatic rings. The highest BCUT2D eigenvalue weighted by Crippen LogP contribution is 2.32. The van der Waals surface area contributed by atoms with Gasteiger partial charge in [-0.3, -0.25) is 4.79 Å². The SMILES string of the molecule is O=C(NC1CC1)C(Oc1ccc(Br)cc1Br)c1ccccc1. The molecule has 2 aromatic carbocycles. The Kier molecular flexibility index (Phi) is 4.84. The highest BCUT2D eigenvalue weighted by atomic mass is 79.9. The molecule has 22 heavy (non-hydrogen) atoms. The molecule has 0 saturated heterocycles. The van der Waals surface area contributed by atoms with Crippen LogP contribution in [0.5, 0.6) is 5.75 Å². The van der Waals surface area contributed by atoms with Crippen LogP contribution < -0.4 is 10.1 Å². The number of hydrogen-bond donors (Lipinski definition) is 1. The van der Waals surface area contributed by atoms with E-state index in [1.807, 2.05) is 48.5 Å². The minimum Gasteiger partial charge on any atom is -0.475 e. The Balaban J connectivity index is 1.85. The van der Waals surface area contributed by atoms with Crippen molar-refractivity contribution < 1.29 is 9.53 Å². The second-order valence-electron chi connectivity index (χ2n) is 5.27. The standard InChI is InChI=1S/C17H15Br2NO2/c18-12-6-9-15(14(19)10-12)22-16(11-4-2-1-3-5-11)17(21)20-13-7-8-13/h1-6,9-10,13,16H,7-8H2,(H,20,21). The summed E-state index contributed by atoms with van der Waals surface area (Å²) in [5, 5.41) is 3.02. The van der Waals surface area contributed by atoms with Crippen LogP contribution in [0.15, 0.2) is 57.5 Å². The highest BCUT2D eigenvalue weighted by molar-refractivity contribution is 9.11. The molecule has 0 spiro atoms. The third kappa shape index (κ3) is 3.90. The lowest BCUT2D eigenvalue weighted by atomic mass is 10.1. The fourth-order valence-electron chi connectivity index (χ4n) is 2.10. The lowest BCUT2D eigenvalue weighted by Crippen LogP contribution is -2.33. The second kappa shape index (κ2) is 6.84. The summed E-state index contributed by atoms with van der Waals surface area (Å²) in [6, 6.07) is 15.5. The summed E-state index contributed by atoms with van der Waals surface area (Å²) >= 11 is 6.89. The number of rotatable bonds is 5. The first-order chi connectivity index (χ1) is 10.6. The van der Waals surface area contributed by atoms with Crippen LogP contribution in [0.2, 0.25) is 0 Å². The number of benzene rings is 2.